The van der Waals surface area contributed by atoms with Gasteiger partial charge in [-0.15, -0.1) is 5.10 Å². The molecule has 7 nitrogen and oxygen atoms in total. The van der Waals surface area contributed by atoms with Crippen LogP contribution >= 0.6 is 11.6 Å². The van der Waals surface area contributed by atoms with Crippen LogP contribution in [0.2, 0.25) is 5.02 Å². The number of hydrogen-bond donors (Lipinski definition) is 2. The van der Waals surface area contributed by atoms with Crippen molar-refractivity contribution in [2.24, 2.45) is 0 Å². The number of aromatic nitrogens is 3. The first kappa shape index (κ1) is 18.7. The molecule has 1 aromatic heterocycles. The van der Waals surface area contributed by atoms with Crippen LogP contribution in [0, 0.1) is 5.82 Å². The lowest BCUT2D eigenvalue weighted by Gasteiger charge is -2.31. The highest BCUT2D eigenvalue weighted by Gasteiger charge is 2.31. The highest BCUT2D eigenvalue weighted by Crippen LogP contribution is 2.38. The van der Waals surface area contributed by atoms with Crippen LogP contribution in [0.5, 0.6) is 0 Å². The third-order valence-corrected chi connectivity index (χ3v) is 5.30. The van der Waals surface area contributed by atoms with Gasteiger partial charge in [0.25, 0.3) is 5.95 Å². The Labute approximate surface area is 166 Å². The van der Waals surface area contributed by atoms with Crippen molar-refractivity contribution in [1.29, 1.82) is 0 Å². The van der Waals surface area contributed by atoms with Crippen molar-refractivity contribution in [3.8, 4) is 0 Å². The molecule has 0 fully saturated rings. The van der Waals surface area contributed by atoms with Crippen LogP contribution in [0.25, 0.3) is 0 Å². The summed E-state index contributed by atoms with van der Waals surface area (Å²) >= 11 is 5.99. The van der Waals surface area contributed by atoms with Gasteiger partial charge in [0.2, 0.25) is 16.0 Å². The molecule has 10 heteroatoms. The van der Waals surface area contributed by atoms with Crippen LogP contribution in [-0.2, 0) is 10.0 Å². The second-order valence-corrected chi connectivity index (χ2v) is 8.81. The lowest BCUT2D eigenvalue weighted by molar-refractivity contribution is 0.431. The molecule has 2 N–H and O–H groups in total. The molecule has 0 unspecified atom stereocenters. The summed E-state index contributed by atoms with van der Waals surface area (Å²) in [6.07, 6.45) is 1.65. The smallest absolute Gasteiger partial charge is 0.257 e. The molecule has 0 amide bonds. The maximum Gasteiger partial charge on any atom is 0.257 e. The molecule has 146 valence electrons. The summed E-state index contributed by atoms with van der Waals surface area (Å²) in [6, 6.07) is 13.3. The number of fused-ring (bicyclic) bond motifs is 1. The standard InChI is InChI=1S/C18H17ClFN5O2S/c1-28(26,27)24-17-22-18-21-15(11-2-6-13(19)7-3-11)10-16(25(18)23-17)12-4-8-14(20)9-5-12/h2-9,15-16H,10H2,1H3,(H2,21,22,23,24)/t15-,16+/m1/s1. The van der Waals surface area contributed by atoms with Gasteiger partial charge >= 0.3 is 0 Å². The lowest BCUT2D eigenvalue weighted by atomic mass is 9.93. The lowest BCUT2D eigenvalue weighted by Crippen LogP contribution is -2.28. The van der Waals surface area contributed by atoms with Gasteiger partial charge in [0.1, 0.15) is 5.82 Å². The van der Waals surface area contributed by atoms with Gasteiger partial charge in [0.05, 0.1) is 18.3 Å². The summed E-state index contributed by atoms with van der Waals surface area (Å²) in [7, 11) is -3.52. The van der Waals surface area contributed by atoms with E-state index >= 15 is 0 Å². The second-order valence-electron chi connectivity index (χ2n) is 6.63. The Bertz CT molecular complexity index is 1100. The average molecular weight is 422 g/mol. The molecule has 0 saturated carbocycles. The normalized spacial score (nSPS) is 19.0. The zero-order valence-electron chi connectivity index (χ0n) is 14.8. The Hall–Kier alpha value is -2.65. The molecular formula is C18H17ClFN5O2S. The number of benzene rings is 2. The van der Waals surface area contributed by atoms with Crippen molar-refractivity contribution in [2.45, 2.75) is 18.5 Å². The molecule has 0 aliphatic carbocycles. The van der Waals surface area contributed by atoms with Crippen LogP contribution in [0.1, 0.15) is 29.6 Å². The van der Waals surface area contributed by atoms with Gasteiger partial charge in [-0.3, -0.25) is 4.72 Å². The minimum absolute atomic E-state index is 0.0196. The van der Waals surface area contributed by atoms with Crippen LogP contribution in [0.4, 0.5) is 16.3 Å². The van der Waals surface area contributed by atoms with Gasteiger partial charge in [0.15, 0.2) is 0 Å². The maximum atomic E-state index is 13.4. The highest BCUT2D eigenvalue weighted by molar-refractivity contribution is 7.91. The van der Waals surface area contributed by atoms with E-state index in [1.54, 1.807) is 28.9 Å². The Morgan fingerprint density at radius 2 is 1.79 bits per heavy atom. The zero-order valence-corrected chi connectivity index (χ0v) is 16.4. The first-order valence-electron chi connectivity index (χ1n) is 8.50. The molecule has 1 aliphatic heterocycles. The number of hydrogen-bond acceptors (Lipinski definition) is 5. The van der Waals surface area contributed by atoms with E-state index < -0.39 is 10.0 Å². The van der Waals surface area contributed by atoms with Gasteiger partial charge in [-0.1, -0.05) is 35.9 Å². The third kappa shape index (κ3) is 3.95. The molecule has 0 spiro atoms. The van der Waals surface area contributed by atoms with E-state index in [-0.39, 0.29) is 23.8 Å². The van der Waals surface area contributed by atoms with Crippen molar-refractivity contribution in [3.05, 3.63) is 70.5 Å². The van der Waals surface area contributed by atoms with Crippen molar-refractivity contribution in [3.63, 3.8) is 0 Å². The summed E-state index contributed by atoms with van der Waals surface area (Å²) in [5, 5.41) is 8.22. The summed E-state index contributed by atoms with van der Waals surface area (Å²) in [5.74, 6) is 0.0747. The highest BCUT2D eigenvalue weighted by atomic mass is 35.5. The monoisotopic (exact) mass is 421 g/mol. The molecule has 3 aromatic rings. The first-order valence-corrected chi connectivity index (χ1v) is 10.8. The largest absolute Gasteiger partial charge is 0.347 e. The first-order chi connectivity index (χ1) is 13.3. The Balaban J connectivity index is 1.75. The number of nitrogens with zero attached hydrogens (tertiary/aromatic N) is 3. The van der Waals surface area contributed by atoms with E-state index in [9.17, 15) is 12.8 Å². The van der Waals surface area contributed by atoms with Crippen molar-refractivity contribution in [1.82, 2.24) is 14.8 Å². The van der Waals surface area contributed by atoms with E-state index in [0.29, 0.717) is 17.4 Å². The molecule has 4 rings (SSSR count). The molecule has 1 aliphatic rings. The Kier molecular flexibility index (Phi) is 4.72. The number of nitrogens with one attached hydrogen (secondary N) is 2. The number of anilines is 2. The van der Waals surface area contributed by atoms with E-state index in [1.165, 1.54) is 12.1 Å². The third-order valence-electron chi connectivity index (χ3n) is 4.49. The summed E-state index contributed by atoms with van der Waals surface area (Å²) in [5.41, 5.74) is 1.85. The van der Waals surface area contributed by atoms with Crippen LogP contribution in [-0.4, -0.2) is 29.4 Å². The summed E-state index contributed by atoms with van der Waals surface area (Å²) < 4.78 is 40.4. The average Bonchev–Trinajstić information content (AvgIpc) is 3.02. The van der Waals surface area contributed by atoms with Crippen LogP contribution < -0.4 is 10.0 Å². The summed E-state index contributed by atoms with van der Waals surface area (Å²) in [6.45, 7) is 0. The molecule has 28 heavy (non-hydrogen) atoms. The fourth-order valence-electron chi connectivity index (χ4n) is 3.26. The van der Waals surface area contributed by atoms with Gasteiger partial charge in [-0.25, -0.2) is 17.5 Å². The molecule has 2 atom stereocenters. The van der Waals surface area contributed by atoms with Gasteiger partial charge in [-0.2, -0.15) is 4.98 Å². The number of halogens is 2. The zero-order chi connectivity index (χ0) is 19.9. The fraction of sp³-hybridized carbons (Fsp3) is 0.222. The SMILES string of the molecule is CS(=O)(=O)Nc1nc2n(n1)[C@H](c1ccc(F)cc1)C[C@H](c1ccc(Cl)cc1)N2. The molecule has 0 bridgehead atoms. The summed E-state index contributed by atoms with van der Waals surface area (Å²) in [4.78, 5) is 4.27. The molecule has 0 radical (unpaired) electrons. The molecular weight excluding hydrogens is 405 g/mol. The van der Waals surface area contributed by atoms with Gasteiger partial charge in [0, 0.05) is 5.02 Å². The van der Waals surface area contributed by atoms with Crippen molar-refractivity contribution < 1.29 is 12.8 Å². The number of rotatable bonds is 4. The van der Waals surface area contributed by atoms with E-state index in [4.69, 9.17) is 11.6 Å². The predicted molar refractivity (Wildman–Crippen MR) is 105 cm³/mol. The quantitative estimate of drug-likeness (QED) is 0.672. The fourth-order valence-corrected chi connectivity index (χ4v) is 3.81. The number of sulfonamides is 1. The van der Waals surface area contributed by atoms with Crippen LogP contribution in [0.3, 0.4) is 0 Å². The van der Waals surface area contributed by atoms with E-state index in [0.717, 1.165) is 17.4 Å². The van der Waals surface area contributed by atoms with Crippen molar-refractivity contribution >= 4 is 33.5 Å². The van der Waals surface area contributed by atoms with E-state index in [1.807, 2.05) is 12.1 Å². The predicted octanol–water partition coefficient (Wildman–Crippen LogP) is 3.59. The Morgan fingerprint density at radius 1 is 1.14 bits per heavy atom. The Morgan fingerprint density at radius 3 is 2.43 bits per heavy atom. The van der Waals surface area contributed by atoms with Crippen LogP contribution in [0.15, 0.2) is 48.5 Å². The second kappa shape index (κ2) is 7.06. The topological polar surface area (TPSA) is 88.9 Å². The minimum atomic E-state index is -3.52. The molecule has 2 aromatic carbocycles. The van der Waals surface area contributed by atoms with E-state index in [2.05, 4.69) is 20.1 Å². The van der Waals surface area contributed by atoms with Gasteiger partial charge in [-0.05, 0) is 41.8 Å². The molecule has 2 heterocycles. The maximum absolute atomic E-state index is 13.4. The van der Waals surface area contributed by atoms with Crippen molar-refractivity contribution in [2.75, 3.05) is 16.3 Å². The minimum Gasteiger partial charge on any atom is -0.347 e. The molecule has 0 saturated heterocycles. The van der Waals surface area contributed by atoms with Gasteiger partial charge < -0.3 is 5.32 Å².